The van der Waals surface area contributed by atoms with Gasteiger partial charge >= 0.3 is 0 Å². The van der Waals surface area contributed by atoms with Crippen molar-refractivity contribution in [2.24, 2.45) is 0 Å². The van der Waals surface area contributed by atoms with E-state index in [9.17, 15) is 4.39 Å². The molecule has 3 rings (SSSR count). The monoisotopic (exact) mass is 349 g/mol. The van der Waals surface area contributed by atoms with Gasteiger partial charge in [0.2, 0.25) is 0 Å². The lowest BCUT2D eigenvalue weighted by molar-refractivity contribution is 0.0423. The topological polar surface area (TPSA) is 21.3 Å². The quantitative estimate of drug-likeness (QED) is 0.900. The maximum atomic E-state index is 13.3. The SMILES string of the molecule is Fc1ccc(Br)c(CNCC2OCCc3ccccc32)c1. The second kappa shape index (κ2) is 6.69. The van der Waals surface area contributed by atoms with E-state index in [0.29, 0.717) is 6.54 Å². The minimum Gasteiger partial charge on any atom is -0.372 e. The molecule has 21 heavy (non-hydrogen) atoms. The Labute approximate surface area is 132 Å². The Morgan fingerprint density at radius 3 is 3.00 bits per heavy atom. The van der Waals surface area contributed by atoms with Crippen LogP contribution in [0.3, 0.4) is 0 Å². The van der Waals surface area contributed by atoms with Crippen LogP contribution in [0, 0.1) is 5.82 Å². The molecule has 1 N–H and O–H groups in total. The molecule has 0 fully saturated rings. The first-order valence-electron chi connectivity index (χ1n) is 7.08. The molecule has 2 nitrogen and oxygen atoms in total. The van der Waals surface area contributed by atoms with Crippen LogP contribution in [-0.2, 0) is 17.7 Å². The first kappa shape index (κ1) is 14.7. The van der Waals surface area contributed by atoms with Gasteiger partial charge in [-0.15, -0.1) is 0 Å². The minimum absolute atomic E-state index is 0.0716. The molecular weight excluding hydrogens is 333 g/mol. The van der Waals surface area contributed by atoms with Crippen LogP contribution in [0.25, 0.3) is 0 Å². The van der Waals surface area contributed by atoms with Gasteiger partial charge in [0.25, 0.3) is 0 Å². The lowest BCUT2D eigenvalue weighted by Crippen LogP contribution is -2.27. The fourth-order valence-corrected chi connectivity index (χ4v) is 3.05. The minimum atomic E-state index is -0.214. The number of hydrogen-bond donors (Lipinski definition) is 1. The van der Waals surface area contributed by atoms with Crippen molar-refractivity contribution in [3.05, 3.63) is 69.4 Å². The van der Waals surface area contributed by atoms with Gasteiger partial charge in [0.1, 0.15) is 5.82 Å². The molecule has 2 aromatic carbocycles. The Bertz CT molecular complexity index is 632. The molecule has 1 atom stereocenters. The predicted octanol–water partition coefficient (Wildman–Crippen LogP) is 3.99. The van der Waals surface area contributed by atoms with Gasteiger partial charge in [0, 0.05) is 17.6 Å². The van der Waals surface area contributed by atoms with E-state index in [0.717, 1.165) is 29.6 Å². The van der Waals surface area contributed by atoms with Crippen molar-refractivity contribution in [1.82, 2.24) is 5.32 Å². The fourth-order valence-electron chi connectivity index (χ4n) is 2.66. The normalized spacial score (nSPS) is 17.5. The molecule has 0 bridgehead atoms. The van der Waals surface area contributed by atoms with Crippen LogP contribution in [0.1, 0.15) is 22.8 Å². The van der Waals surface area contributed by atoms with Crippen LogP contribution in [-0.4, -0.2) is 13.2 Å². The fraction of sp³-hybridized carbons (Fsp3) is 0.294. The largest absolute Gasteiger partial charge is 0.372 e. The van der Waals surface area contributed by atoms with E-state index >= 15 is 0 Å². The zero-order valence-corrected chi connectivity index (χ0v) is 13.2. The molecule has 0 amide bonds. The average Bonchev–Trinajstić information content (AvgIpc) is 2.51. The molecule has 0 saturated carbocycles. The summed E-state index contributed by atoms with van der Waals surface area (Å²) >= 11 is 3.44. The Morgan fingerprint density at radius 1 is 1.24 bits per heavy atom. The summed E-state index contributed by atoms with van der Waals surface area (Å²) in [5.74, 6) is -0.214. The summed E-state index contributed by atoms with van der Waals surface area (Å²) in [5.41, 5.74) is 3.54. The van der Waals surface area contributed by atoms with Gasteiger partial charge in [-0.05, 0) is 41.3 Å². The number of benzene rings is 2. The maximum Gasteiger partial charge on any atom is 0.123 e. The van der Waals surface area contributed by atoms with Crippen LogP contribution in [0.4, 0.5) is 4.39 Å². The van der Waals surface area contributed by atoms with Crippen molar-refractivity contribution in [3.63, 3.8) is 0 Å². The lowest BCUT2D eigenvalue weighted by Gasteiger charge is -2.26. The van der Waals surface area contributed by atoms with Crippen LogP contribution < -0.4 is 5.32 Å². The summed E-state index contributed by atoms with van der Waals surface area (Å²) < 4.78 is 20.0. The van der Waals surface area contributed by atoms with Crippen molar-refractivity contribution in [2.75, 3.05) is 13.2 Å². The molecule has 4 heteroatoms. The Kier molecular flexibility index (Phi) is 4.68. The number of nitrogens with one attached hydrogen (secondary N) is 1. The van der Waals surface area contributed by atoms with Crippen molar-refractivity contribution in [2.45, 2.75) is 19.1 Å². The van der Waals surface area contributed by atoms with Crippen LogP contribution in [0.15, 0.2) is 46.9 Å². The molecule has 1 aliphatic heterocycles. The maximum absolute atomic E-state index is 13.3. The number of fused-ring (bicyclic) bond motifs is 1. The molecule has 2 aromatic rings. The zero-order chi connectivity index (χ0) is 14.7. The van der Waals surface area contributed by atoms with E-state index in [-0.39, 0.29) is 11.9 Å². The van der Waals surface area contributed by atoms with Gasteiger partial charge in [-0.3, -0.25) is 0 Å². The molecule has 0 saturated heterocycles. The van der Waals surface area contributed by atoms with Gasteiger partial charge in [0.15, 0.2) is 0 Å². The number of hydrogen-bond acceptors (Lipinski definition) is 2. The molecule has 0 aromatic heterocycles. The standard InChI is InChI=1S/C17H17BrFNO/c18-16-6-5-14(19)9-13(16)10-20-11-17-15-4-2-1-3-12(15)7-8-21-17/h1-6,9,17,20H,7-8,10-11H2. The summed E-state index contributed by atoms with van der Waals surface area (Å²) in [6.07, 6.45) is 1.05. The highest BCUT2D eigenvalue weighted by molar-refractivity contribution is 9.10. The molecular formula is C17H17BrFNO. The van der Waals surface area contributed by atoms with Crippen molar-refractivity contribution in [3.8, 4) is 0 Å². The molecule has 0 radical (unpaired) electrons. The number of halogens is 2. The molecule has 0 aliphatic carbocycles. The molecule has 110 valence electrons. The third kappa shape index (κ3) is 3.51. The Balaban J connectivity index is 1.63. The average molecular weight is 350 g/mol. The highest BCUT2D eigenvalue weighted by atomic mass is 79.9. The molecule has 1 aliphatic rings. The molecule has 0 spiro atoms. The third-order valence-corrected chi connectivity index (χ3v) is 4.52. The Hall–Kier alpha value is -1.23. The van der Waals surface area contributed by atoms with Gasteiger partial charge in [-0.2, -0.15) is 0 Å². The second-order valence-electron chi connectivity index (χ2n) is 5.17. The van der Waals surface area contributed by atoms with Crippen molar-refractivity contribution in [1.29, 1.82) is 0 Å². The zero-order valence-electron chi connectivity index (χ0n) is 11.6. The van der Waals surface area contributed by atoms with E-state index < -0.39 is 0 Å². The van der Waals surface area contributed by atoms with Crippen molar-refractivity contribution < 1.29 is 9.13 Å². The molecule has 1 unspecified atom stereocenters. The summed E-state index contributed by atoms with van der Waals surface area (Å²) in [4.78, 5) is 0. The second-order valence-corrected chi connectivity index (χ2v) is 6.03. The van der Waals surface area contributed by atoms with Crippen LogP contribution in [0.5, 0.6) is 0 Å². The highest BCUT2D eigenvalue weighted by Gasteiger charge is 2.19. The van der Waals surface area contributed by atoms with E-state index in [2.05, 4.69) is 39.4 Å². The van der Waals surface area contributed by atoms with Gasteiger partial charge in [-0.1, -0.05) is 40.2 Å². The number of rotatable bonds is 4. The number of ether oxygens (including phenoxy) is 1. The van der Waals surface area contributed by atoms with Gasteiger partial charge in [-0.25, -0.2) is 4.39 Å². The third-order valence-electron chi connectivity index (χ3n) is 3.75. The van der Waals surface area contributed by atoms with Crippen molar-refractivity contribution >= 4 is 15.9 Å². The van der Waals surface area contributed by atoms with Gasteiger partial charge in [0.05, 0.1) is 12.7 Å². The van der Waals surface area contributed by atoms with E-state index in [1.165, 1.54) is 17.2 Å². The highest BCUT2D eigenvalue weighted by Crippen LogP contribution is 2.26. The van der Waals surface area contributed by atoms with E-state index in [1.54, 1.807) is 12.1 Å². The smallest absolute Gasteiger partial charge is 0.123 e. The molecule has 1 heterocycles. The van der Waals surface area contributed by atoms with E-state index in [4.69, 9.17) is 4.74 Å². The summed E-state index contributed by atoms with van der Waals surface area (Å²) in [6, 6.07) is 13.1. The lowest BCUT2D eigenvalue weighted by atomic mass is 9.97. The van der Waals surface area contributed by atoms with Crippen LogP contribution in [0.2, 0.25) is 0 Å². The summed E-state index contributed by atoms with van der Waals surface area (Å²) in [6.45, 7) is 2.09. The van der Waals surface area contributed by atoms with Crippen LogP contribution >= 0.6 is 15.9 Å². The predicted molar refractivity (Wildman–Crippen MR) is 84.6 cm³/mol. The summed E-state index contributed by atoms with van der Waals surface area (Å²) in [5, 5.41) is 3.36. The Morgan fingerprint density at radius 2 is 2.10 bits per heavy atom. The first-order chi connectivity index (χ1) is 10.2. The first-order valence-corrected chi connectivity index (χ1v) is 7.87. The van der Waals surface area contributed by atoms with Gasteiger partial charge < -0.3 is 10.1 Å². The van der Waals surface area contributed by atoms with E-state index in [1.807, 2.05) is 6.07 Å². The summed E-state index contributed by atoms with van der Waals surface area (Å²) in [7, 11) is 0.